The van der Waals surface area contributed by atoms with E-state index in [1.807, 2.05) is 74.5 Å². The van der Waals surface area contributed by atoms with Crippen LogP contribution in [0.3, 0.4) is 0 Å². The highest BCUT2D eigenvalue weighted by molar-refractivity contribution is 7.82. The van der Waals surface area contributed by atoms with Crippen molar-refractivity contribution in [3.8, 4) is 46.0 Å². The molecular formula is C32H28N8O5S. The van der Waals surface area contributed by atoms with Crippen LogP contribution >= 0.6 is 0 Å². The third-order valence-electron chi connectivity index (χ3n) is 7.23. The molecule has 14 heteroatoms. The minimum Gasteiger partial charge on any atom is -0.493 e. The molecule has 1 unspecified atom stereocenters. The molecule has 0 radical (unpaired) electrons. The smallest absolute Gasteiger partial charge is 0.316 e. The minimum absolute atomic E-state index is 0.193. The number of benzene rings is 4. The van der Waals surface area contributed by atoms with Crippen LogP contribution in [-0.4, -0.2) is 53.2 Å². The molecule has 0 spiro atoms. The number of nitrogens with one attached hydrogen (secondary N) is 2. The van der Waals surface area contributed by atoms with Crippen molar-refractivity contribution in [1.82, 2.24) is 34.8 Å². The van der Waals surface area contributed by atoms with Crippen molar-refractivity contribution >= 4 is 33.6 Å². The molecule has 0 amide bonds. The molecule has 2 N–H and O–H groups in total. The van der Waals surface area contributed by atoms with Crippen molar-refractivity contribution in [2.24, 2.45) is 0 Å². The zero-order valence-electron chi connectivity index (χ0n) is 25.2. The fourth-order valence-electron chi connectivity index (χ4n) is 4.95. The number of rotatable bonds is 10. The number of para-hydroxylation sites is 2. The number of hydrogen-bond donors (Lipinski definition) is 2. The van der Waals surface area contributed by atoms with Gasteiger partial charge in [-0.15, -0.1) is 14.8 Å². The van der Waals surface area contributed by atoms with Crippen LogP contribution < -0.4 is 23.1 Å². The fraction of sp³-hybridized carbons (Fsp3) is 0.125. The predicted octanol–water partition coefficient (Wildman–Crippen LogP) is 5.95. The van der Waals surface area contributed by atoms with E-state index in [0.29, 0.717) is 56.9 Å². The molecule has 232 valence electrons. The Morgan fingerprint density at radius 2 is 1.65 bits per heavy atom. The van der Waals surface area contributed by atoms with E-state index >= 15 is 0 Å². The summed E-state index contributed by atoms with van der Waals surface area (Å²) in [4.78, 5) is 4.88. The highest BCUT2D eigenvalue weighted by Crippen LogP contribution is 2.42. The number of aryl methyl sites for hydroxylation is 2. The van der Waals surface area contributed by atoms with Crippen LogP contribution in [0, 0.1) is 13.8 Å². The Balaban J connectivity index is 1.27. The maximum Gasteiger partial charge on any atom is 0.316 e. The van der Waals surface area contributed by atoms with Gasteiger partial charge in [0.15, 0.2) is 23.0 Å². The second-order valence-corrected chi connectivity index (χ2v) is 11.2. The Bertz CT molecular complexity index is 2220. The molecule has 0 aliphatic heterocycles. The summed E-state index contributed by atoms with van der Waals surface area (Å²) < 4.78 is 42.0. The van der Waals surface area contributed by atoms with Gasteiger partial charge < -0.3 is 18.4 Å². The minimum atomic E-state index is -1.83. The molecule has 4 aromatic carbocycles. The first-order chi connectivity index (χ1) is 22.4. The molecule has 0 fully saturated rings. The molecule has 46 heavy (non-hydrogen) atoms. The largest absolute Gasteiger partial charge is 0.493 e. The van der Waals surface area contributed by atoms with Crippen molar-refractivity contribution in [2.75, 3.05) is 18.9 Å². The van der Waals surface area contributed by atoms with Crippen molar-refractivity contribution in [1.29, 1.82) is 0 Å². The molecule has 0 saturated carbocycles. The zero-order chi connectivity index (χ0) is 31.8. The van der Waals surface area contributed by atoms with Gasteiger partial charge in [0, 0.05) is 5.56 Å². The summed E-state index contributed by atoms with van der Waals surface area (Å²) in [6.07, 6.45) is 0. The van der Waals surface area contributed by atoms with Crippen molar-refractivity contribution in [3.63, 3.8) is 0 Å². The summed E-state index contributed by atoms with van der Waals surface area (Å²) in [6, 6.07) is 25.9. The summed E-state index contributed by atoms with van der Waals surface area (Å²) in [5.74, 6) is 2.50. The SMILES string of the molecule is COc1cccc(OC)c1Oc1nn2[nH]c(-c3cccc(NS(=O)Oc4cc(C)ccc4C)c3)nc2c1-n1nnc2ccccc21. The van der Waals surface area contributed by atoms with Gasteiger partial charge in [-0.05, 0) is 67.4 Å². The topological polar surface area (TPSA) is 143 Å². The van der Waals surface area contributed by atoms with Crippen molar-refractivity contribution in [3.05, 3.63) is 96.1 Å². The average molecular weight is 637 g/mol. The molecule has 0 saturated heterocycles. The predicted molar refractivity (Wildman–Crippen MR) is 173 cm³/mol. The van der Waals surface area contributed by atoms with Crippen LogP contribution in [0.2, 0.25) is 0 Å². The van der Waals surface area contributed by atoms with Gasteiger partial charge in [-0.1, -0.05) is 47.7 Å². The van der Waals surface area contributed by atoms with Crippen molar-refractivity contribution < 1.29 is 22.6 Å². The number of aromatic amines is 1. The summed E-state index contributed by atoms with van der Waals surface area (Å²) in [7, 11) is 3.10. The van der Waals surface area contributed by atoms with E-state index in [-0.39, 0.29) is 5.88 Å². The monoisotopic (exact) mass is 636 g/mol. The number of nitrogens with zero attached hydrogens (tertiary/aromatic N) is 6. The van der Waals surface area contributed by atoms with E-state index in [2.05, 4.69) is 20.1 Å². The average Bonchev–Trinajstić information content (AvgIpc) is 3.76. The van der Waals surface area contributed by atoms with E-state index in [4.69, 9.17) is 28.5 Å². The highest BCUT2D eigenvalue weighted by Gasteiger charge is 2.26. The number of aromatic nitrogens is 7. The van der Waals surface area contributed by atoms with Crippen LogP contribution in [0.4, 0.5) is 5.69 Å². The lowest BCUT2D eigenvalue weighted by Gasteiger charge is -2.13. The highest BCUT2D eigenvalue weighted by atomic mass is 32.2. The number of methoxy groups -OCH3 is 2. The summed E-state index contributed by atoms with van der Waals surface area (Å²) in [5, 5.41) is 16.6. The number of anilines is 1. The van der Waals surface area contributed by atoms with E-state index in [1.54, 1.807) is 43.2 Å². The second kappa shape index (κ2) is 11.9. The van der Waals surface area contributed by atoms with Gasteiger partial charge in [0.2, 0.25) is 11.4 Å². The molecule has 3 heterocycles. The summed E-state index contributed by atoms with van der Waals surface area (Å²) in [5.41, 5.74) is 5.47. The first-order valence-corrected chi connectivity index (χ1v) is 15.2. The van der Waals surface area contributed by atoms with Crippen LogP contribution in [0.5, 0.6) is 28.9 Å². The normalized spacial score (nSPS) is 11.9. The van der Waals surface area contributed by atoms with Gasteiger partial charge in [-0.2, -0.15) is 4.21 Å². The molecule has 7 rings (SSSR count). The number of hydrogen-bond acceptors (Lipinski definition) is 9. The van der Waals surface area contributed by atoms with Crippen LogP contribution in [-0.2, 0) is 11.3 Å². The van der Waals surface area contributed by atoms with Gasteiger partial charge >= 0.3 is 11.3 Å². The quantitative estimate of drug-likeness (QED) is 0.186. The Morgan fingerprint density at radius 3 is 2.46 bits per heavy atom. The van der Waals surface area contributed by atoms with E-state index < -0.39 is 11.3 Å². The van der Waals surface area contributed by atoms with Gasteiger partial charge in [-0.3, -0.25) is 9.82 Å². The maximum absolute atomic E-state index is 12.8. The molecule has 13 nitrogen and oxygen atoms in total. The molecular weight excluding hydrogens is 608 g/mol. The standard InChI is InChI=1S/C32H28N8O5S/c1-19-15-16-20(2)27(17-19)45-46(41)37-22-10-7-9-21(18-22)30-33-31-28(39-24-12-6-5-11-23(24)34-38-39)32(36-40(31)35-30)44-29-25(42-3)13-8-14-26(29)43-4/h5-18,37H,1-4H3,(H,33,35). The Morgan fingerprint density at radius 1 is 0.870 bits per heavy atom. The van der Waals surface area contributed by atoms with Crippen LogP contribution in [0.25, 0.3) is 33.8 Å². The van der Waals surface area contributed by atoms with Gasteiger partial charge in [-0.25, -0.2) is 9.67 Å². The Labute approximate surface area is 265 Å². The number of H-pyrrole nitrogens is 1. The van der Waals surface area contributed by atoms with E-state index in [9.17, 15) is 4.21 Å². The maximum atomic E-state index is 12.8. The Hall–Kier alpha value is -5.89. The number of fused-ring (bicyclic) bond motifs is 2. The lowest BCUT2D eigenvalue weighted by Crippen LogP contribution is -2.11. The van der Waals surface area contributed by atoms with E-state index in [0.717, 1.165) is 16.6 Å². The molecule has 7 aromatic rings. The van der Waals surface area contributed by atoms with E-state index in [1.165, 1.54) is 4.63 Å². The molecule has 0 aliphatic rings. The van der Waals surface area contributed by atoms with Gasteiger partial charge in [0.05, 0.1) is 25.4 Å². The third-order valence-corrected chi connectivity index (χ3v) is 7.96. The molecule has 3 aromatic heterocycles. The number of ether oxygens (including phenoxy) is 3. The van der Waals surface area contributed by atoms with Gasteiger partial charge in [0.25, 0.3) is 5.88 Å². The zero-order valence-corrected chi connectivity index (χ0v) is 26.0. The first kappa shape index (κ1) is 28.9. The van der Waals surface area contributed by atoms with Crippen molar-refractivity contribution in [2.45, 2.75) is 13.8 Å². The lowest BCUT2D eigenvalue weighted by atomic mass is 10.1. The summed E-state index contributed by atoms with van der Waals surface area (Å²) in [6.45, 7) is 3.85. The first-order valence-electron chi connectivity index (χ1n) is 14.1. The van der Waals surface area contributed by atoms with Crippen LogP contribution in [0.15, 0.2) is 84.9 Å². The fourth-order valence-corrected chi connectivity index (χ4v) is 5.65. The molecule has 0 aliphatic carbocycles. The van der Waals surface area contributed by atoms with Crippen LogP contribution in [0.1, 0.15) is 11.1 Å². The molecule has 0 bridgehead atoms. The third kappa shape index (κ3) is 5.34. The lowest BCUT2D eigenvalue weighted by molar-refractivity contribution is 0.340. The summed E-state index contributed by atoms with van der Waals surface area (Å²) >= 11 is -1.83. The van der Waals surface area contributed by atoms with Gasteiger partial charge in [0.1, 0.15) is 11.3 Å². The Kier molecular flexibility index (Phi) is 7.46. The second-order valence-electron chi connectivity index (χ2n) is 10.3. The molecule has 1 atom stereocenters.